The van der Waals surface area contributed by atoms with Crippen LogP contribution in [0.2, 0.25) is 0 Å². The van der Waals surface area contributed by atoms with Crippen LogP contribution in [-0.4, -0.2) is 24.8 Å². The molecule has 2 aliphatic rings. The molecule has 2 aliphatic heterocycles. The zero-order valence-corrected chi connectivity index (χ0v) is 5.87. The van der Waals surface area contributed by atoms with E-state index in [0.717, 1.165) is 0 Å². The number of carbonyl (C=O) groups excluding carboxylic acids is 1. The molecule has 3 atom stereocenters. The lowest BCUT2D eigenvalue weighted by molar-refractivity contribution is -0.156. The molecule has 56 valence electrons. The fourth-order valence-electron chi connectivity index (χ4n) is 1.43. The Balaban J connectivity index is 2.16. The molecule has 0 amide bonds. The predicted octanol–water partition coefficient (Wildman–Crippen LogP) is 0.337. The van der Waals surface area contributed by atoms with E-state index < -0.39 is 6.29 Å². The molecule has 0 aromatic heterocycles. The minimum Gasteiger partial charge on any atom is -0.343 e. The second-order valence-corrected chi connectivity index (χ2v) is 2.99. The summed E-state index contributed by atoms with van der Waals surface area (Å²) in [5, 5.41) is 0. The highest BCUT2D eigenvalue weighted by molar-refractivity contribution is 5.83. The van der Waals surface area contributed by atoms with Crippen molar-refractivity contribution in [2.24, 2.45) is 5.92 Å². The van der Waals surface area contributed by atoms with Gasteiger partial charge in [0.25, 0.3) is 0 Å². The summed E-state index contributed by atoms with van der Waals surface area (Å²) in [5.74, 6) is 0.438. The quantitative estimate of drug-likeness (QED) is 0.489. The summed E-state index contributed by atoms with van der Waals surface area (Å²) in [4.78, 5) is 11.0. The molecule has 0 aliphatic carbocycles. The summed E-state index contributed by atoms with van der Waals surface area (Å²) in [5.41, 5.74) is 0. The lowest BCUT2D eigenvalue weighted by Crippen LogP contribution is -2.33. The molecule has 3 unspecified atom stereocenters. The van der Waals surface area contributed by atoms with Gasteiger partial charge >= 0.3 is 0 Å². The number of ether oxygens (including phenoxy) is 2. The van der Waals surface area contributed by atoms with Crippen molar-refractivity contribution in [3.63, 3.8) is 0 Å². The zero-order chi connectivity index (χ0) is 7.14. The molecule has 0 saturated carbocycles. The van der Waals surface area contributed by atoms with Gasteiger partial charge < -0.3 is 9.47 Å². The van der Waals surface area contributed by atoms with Gasteiger partial charge in [-0.3, -0.25) is 4.79 Å². The van der Waals surface area contributed by atoms with Crippen LogP contribution in [0.5, 0.6) is 0 Å². The summed E-state index contributed by atoms with van der Waals surface area (Å²) >= 11 is 0. The van der Waals surface area contributed by atoms with Crippen molar-refractivity contribution in [1.82, 2.24) is 0 Å². The molecule has 2 saturated heterocycles. The van der Waals surface area contributed by atoms with Crippen molar-refractivity contribution in [2.75, 3.05) is 6.61 Å². The highest BCUT2D eigenvalue weighted by Gasteiger charge is 2.40. The number of carbonyl (C=O) groups is 1. The normalized spacial score (nSPS) is 46.1. The molecule has 0 spiro atoms. The molecule has 2 heterocycles. The Morgan fingerprint density at radius 1 is 1.60 bits per heavy atom. The molecule has 0 N–H and O–H groups in total. The minimum atomic E-state index is -0.527. The van der Waals surface area contributed by atoms with E-state index in [9.17, 15) is 4.79 Å². The molecule has 0 radical (unpaired) electrons. The van der Waals surface area contributed by atoms with Crippen LogP contribution < -0.4 is 0 Å². The summed E-state index contributed by atoms with van der Waals surface area (Å²) in [6, 6.07) is 0. The van der Waals surface area contributed by atoms with Gasteiger partial charge in [0.05, 0.1) is 12.7 Å². The maximum absolute atomic E-state index is 11.0. The third-order valence-electron chi connectivity index (χ3n) is 2.13. The standard InChI is InChI=1S/C7H10O3/c1-4-2-5(8)7-9-3-6(4)10-7/h4,6-7H,2-3H2,1H3. The maximum atomic E-state index is 11.0. The van der Waals surface area contributed by atoms with Gasteiger partial charge in [0.15, 0.2) is 5.78 Å². The first-order chi connectivity index (χ1) is 4.77. The molecule has 2 fully saturated rings. The van der Waals surface area contributed by atoms with Gasteiger partial charge in [-0.05, 0) is 5.92 Å². The number of rotatable bonds is 0. The van der Waals surface area contributed by atoms with Crippen LogP contribution in [0, 0.1) is 5.92 Å². The van der Waals surface area contributed by atoms with E-state index in [1.165, 1.54) is 0 Å². The number of hydrogen-bond donors (Lipinski definition) is 0. The SMILES string of the molecule is CC1CC(=O)C2OCC1O2. The smallest absolute Gasteiger partial charge is 0.218 e. The van der Waals surface area contributed by atoms with E-state index in [4.69, 9.17) is 9.47 Å². The fourth-order valence-corrected chi connectivity index (χ4v) is 1.43. The van der Waals surface area contributed by atoms with E-state index in [1.54, 1.807) is 0 Å². The van der Waals surface area contributed by atoms with Crippen LogP contribution in [0.4, 0.5) is 0 Å². The summed E-state index contributed by atoms with van der Waals surface area (Å²) in [6.07, 6.45) is 0.263. The van der Waals surface area contributed by atoms with Crippen LogP contribution in [-0.2, 0) is 14.3 Å². The lowest BCUT2D eigenvalue weighted by Gasteiger charge is -2.22. The first-order valence-corrected chi connectivity index (χ1v) is 3.57. The van der Waals surface area contributed by atoms with Crippen LogP contribution in [0.1, 0.15) is 13.3 Å². The van der Waals surface area contributed by atoms with E-state index in [1.807, 2.05) is 6.92 Å². The van der Waals surface area contributed by atoms with Gasteiger partial charge in [-0.2, -0.15) is 0 Å². The van der Waals surface area contributed by atoms with Gasteiger partial charge in [-0.1, -0.05) is 6.92 Å². The number of ketones is 1. The van der Waals surface area contributed by atoms with E-state index in [2.05, 4.69) is 0 Å². The summed E-state index contributed by atoms with van der Waals surface area (Å²) in [6.45, 7) is 2.62. The molecular weight excluding hydrogens is 132 g/mol. The molecule has 3 heteroatoms. The average Bonchev–Trinajstić information content (AvgIpc) is 2.28. The topological polar surface area (TPSA) is 35.5 Å². The summed E-state index contributed by atoms with van der Waals surface area (Å²) in [7, 11) is 0. The Hall–Kier alpha value is -0.410. The zero-order valence-electron chi connectivity index (χ0n) is 5.87. The largest absolute Gasteiger partial charge is 0.343 e. The first-order valence-electron chi connectivity index (χ1n) is 3.57. The van der Waals surface area contributed by atoms with Crippen molar-refractivity contribution >= 4 is 5.78 Å². The highest BCUT2D eigenvalue weighted by atomic mass is 16.7. The van der Waals surface area contributed by atoms with Crippen LogP contribution >= 0.6 is 0 Å². The maximum Gasteiger partial charge on any atom is 0.218 e. The molecule has 0 aromatic rings. The average molecular weight is 142 g/mol. The molecule has 10 heavy (non-hydrogen) atoms. The fraction of sp³-hybridized carbons (Fsp3) is 0.857. The molecule has 3 nitrogen and oxygen atoms in total. The lowest BCUT2D eigenvalue weighted by atomic mass is 9.97. The first kappa shape index (κ1) is 6.31. The van der Waals surface area contributed by atoms with Gasteiger partial charge in [0.1, 0.15) is 0 Å². The van der Waals surface area contributed by atoms with Crippen molar-refractivity contribution in [1.29, 1.82) is 0 Å². The van der Waals surface area contributed by atoms with E-state index in [-0.39, 0.29) is 11.9 Å². The monoisotopic (exact) mass is 142 g/mol. The Kier molecular flexibility index (Phi) is 1.28. The Labute approximate surface area is 59.3 Å². The van der Waals surface area contributed by atoms with Crippen molar-refractivity contribution in [2.45, 2.75) is 25.7 Å². The van der Waals surface area contributed by atoms with Crippen molar-refractivity contribution < 1.29 is 14.3 Å². The number of Topliss-reactive ketones (excluding diaryl/α,β-unsaturated/α-hetero) is 1. The second kappa shape index (κ2) is 2.04. The minimum absolute atomic E-state index is 0.0984. The third kappa shape index (κ3) is 0.777. The molecule has 2 bridgehead atoms. The molecule has 0 aromatic carbocycles. The second-order valence-electron chi connectivity index (χ2n) is 2.99. The van der Waals surface area contributed by atoms with Gasteiger partial charge in [-0.25, -0.2) is 0 Å². The van der Waals surface area contributed by atoms with Gasteiger partial charge in [0, 0.05) is 6.42 Å². The van der Waals surface area contributed by atoms with Gasteiger partial charge in [-0.15, -0.1) is 0 Å². The van der Waals surface area contributed by atoms with Crippen molar-refractivity contribution in [3.8, 4) is 0 Å². The number of hydrogen-bond acceptors (Lipinski definition) is 3. The Bertz CT molecular complexity index is 166. The third-order valence-corrected chi connectivity index (χ3v) is 2.13. The van der Waals surface area contributed by atoms with E-state index in [0.29, 0.717) is 18.9 Å². The number of fused-ring (bicyclic) bond motifs is 2. The van der Waals surface area contributed by atoms with Crippen LogP contribution in [0.15, 0.2) is 0 Å². The van der Waals surface area contributed by atoms with E-state index >= 15 is 0 Å². The van der Waals surface area contributed by atoms with Gasteiger partial charge in [0.2, 0.25) is 6.29 Å². The highest BCUT2D eigenvalue weighted by Crippen LogP contribution is 2.28. The molecular formula is C7H10O3. The van der Waals surface area contributed by atoms with Crippen LogP contribution in [0.3, 0.4) is 0 Å². The summed E-state index contributed by atoms with van der Waals surface area (Å²) < 4.78 is 10.3. The Morgan fingerprint density at radius 3 is 3.20 bits per heavy atom. The van der Waals surface area contributed by atoms with Crippen molar-refractivity contribution in [3.05, 3.63) is 0 Å². The van der Waals surface area contributed by atoms with Crippen LogP contribution in [0.25, 0.3) is 0 Å². The molecule has 2 rings (SSSR count). The Morgan fingerprint density at radius 2 is 2.40 bits per heavy atom. The predicted molar refractivity (Wildman–Crippen MR) is 33.4 cm³/mol.